The smallest absolute Gasteiger partial charge is 0.353 e. The third-order valence-corrected chi connectivity index (χ3v) is 2.57. The highest BCUT2D eigenvalue weighted by atomic mass is 19.3. The van der Waals surface area contributed by atoms with Gasteiger partial charge in [-0.3, -0.25) is 5.10 Å². The van der Waals surface area contributed by atoms with Crippen LogP contribution in [0.4, 0.5) is 8.78 Å². The Morgan fingerprint density at radius 3 is 2.74 bits per heavy atom. The Hall–Kier alpha value is -2.44. The Morgan fingerprint density at radius 1 is 1.47 bits per heavy atom. The summed E-state index contributed by atoms with van der Waals surface area (Å²) in [7, 11) is 1.27. The molecule has 2 aromatic rings. The number of ether oxygens (including phenoxy) is 1. The molecule has 0 fully saturated rings. The van der Waals surface area contributed by atoms with Crippen LogP contribution in [0.1, 0.15) is 22.5 Å². The third kappa shape index (κ3) is 2.40. The second-order valence-electron chi connectivity index (χ2n) is 3.70. The number of nitrogens with zero attached hydrogens (tertiary/aromatic N) is 1. The van der Waals surface area contributed by atoms with Crippen LogP contribution in [-0.2, 0) is 0 Å². The van der Waals surface area contributed by atoms with Crippen LogP contribution in [-0.4, -0.2) is 28.4 Å². The van der Waals surface area contributed by atoms with Crippen molar-refractivity contribution in [3.05, 3.63) is 35.5 Å². The van der Waals surface area contributed by atoms with Crippen molar-refractivity contribution in [2.24, 2.45) is 0 Å². The first-order valence-corrected chi connectivity index (χ1v) is 5.28. The predicted octanol–water partition coefficient (Wildman–Crippen LogP) is 2.72. The average molecular weight is 268 g/mol. The molecule has 7 heteroatoms. The summed E-state index contributed by atoms with van der Waals surface area (Å²) in [6.07, 6.45) is -2.69. The van der Waals surface area contributed by atoms with Gasteiger partial charge in [0, 0.05) is 5.56 Å². The van der Waals surface area contributed by atoms with E-state index in [1.54, 1.807) is 0 Å². The number of aromatic carboxylic acids is 1. The van der Waals surface area contributed by atoms with Crippen LogP contribution >= 0.6 is 0 Å². The fourth-order valence-corrected chi connectivity index (χ4v) is 1.73. The molecule has 5 nitrogen and oxygen atoms in total. The van der Waals surface area contributed by atoms with Crippen molar-refractivity contribution in [2.75, 3.05) is 7.11 Å². The monoisotopic (exact) mass is 268 g/mol. The Labute approximate surface area is 106 Å². The van der Waals surface area contributed by atoms with Crippen molar-refractivity contribution >= 4 is 5.97 Å². The third-order valence-electron chi connectivity index (χ3n) is 2.57. The molecular weight excluding hydrogens is 258 g/mol. The van der Waals surface area contributed by atoms with Gasteiger partial charge in [-0.25, -0.2) is 13.6 Å². The van der Waals surface area contributed by atoms with E-state index in [9.17, 15) is 13.6 Å². The molecule has 0 atom stereocenters. The SMILES string of the molecule is COc1c(-c2cc(C(=O)O)[nH]n2)cccc1C(F)F. The van der Waals surface area contributed by atoms with E-state index in [0.29, 0.717) is 5.56 Å². The van der Waals surface area contributed by atoms with E-state index in [1.165, 1.54) is 31.4 Å². The van der Waals surface area contributed by atoms with Gasteiger partial charge in [0.25, 0.3) is 6.43 Å². The van der Waals surface area contributed by atoms with Crippen molar-refractivity contribution in [1.82, 2.24) is 10.2 Å². The topological polar surface area (TPSA) is 75.2 Å². The minimum Gasteiger partial charge on any atom is -0.496 e. The van der Waals surface area contributed by atoms with E-state index in [4.69, 9.17) is 9.84 Å². The lowest BCUT2D eigenvalue weighted by atomic mass is 10.1. The maximum Gasteiger partial charge on any atom is 0.353 e. The van der Waals surface area contributed by atoms with E-state index in [1.807, 2.05) is 0 Å². The number of para-hydroxylation sites is 1. The number of carboxylic acids is 1. The molecule has 1 heterocycles. The van der Waals surface area contributed by atoms with Gasteiger partial charge in [0.1, 0.15) is 11.4 Å². The lowest BCUT2D eigenvalue weighted by molar-refractivity contribution is 0.0690. The van der Waals surface area contributed by atoms with Crippen LogP contribution in [0.15, 0.2) is 24.3 Å². The lowest BCUT2D eigenvalue weighted by Crippen LogP contribution is -1.95. The van der Waals surface area contributed by atoms with E-state index in [0.717, 1.165) is 0 Å². The van der Waals surface area contributed by atoms with Gasteiger partial charge in [-0.05, 0) is 18.2 Å². The molecule has 2 N–H and O–H groups in total. The number of aromatic amines is 1. The highest BCUT2D eigenvalue weighted by molar-refractivity contribution is 5.87. The van der Waals surface area contributed by atoms with Crippen molar-refractivity contribution in [3.8, 4) is 17.0 Å². The first-order valence-electron chi connectivity index (χ1n) is 5.28. The Kier molecular flexibility index (Phi) is 3.46. The summed E-state index contributed by atoms with van der Waals surface area (Å²) in [6, 6.07) is 5.48. The quantitative estimate of drug-likeness (QED) is 0.894. The summed E-state index contributed by atoms with van der Waals surface area (Å²) in [5, 5.41) is 14.9. The van der Waals surface area contributed by atoms with Crippen molar-refractivity contribution in [3.63, 3.8) is 0 Å². The Bertz CT molecular complexity index is 611. The van der Waals surface area contributed by atoms with E-state index >= 15 is 0 Å². The Balaban J connectivity index is 2.54. The molecular formula is C12H10F2N2O3. The molecule has 0 aliphatic rings. The molecule has 0 saturated heterocycles. The van der Waals surface area contributed by atoms with Crippen LogP contribution in [0.5, 0.6) is 5.75 Å². The van der Waals surface area contributed by atoms with Gasteiger partial charge in [-0.2, -0.15) is 5.10 Å². The molecule has 0 radical (unpaired) electrons. The number of carboxylic acid groups (broad SMARTS) is 1. The number of methoxy groups -OCH3 is 1. The summed E-state index contributed by atoms with van der Waals surface area (Å²) in [4.78, 5) is 10.8. The van der Waals surface area contributed by atoms with Crippen molar-refractivity contribution < 1.29 is 23.4 Å². The van der Waals surface area contributed by atoms with Gasteiger partial charge < -0.3 is 9.84 Å². The number of hydrogen-bond donors (Lipinski definition) is 2. The summed E-state index contributed by atoms with van der Waals surface area (Å²) in [5.74, 6) is -1.19. The average Bonchev–Trinajstić information content (AvgIpc) is 2.87. The molecule has 0 saturated carbocycles. The molecule has 2 rings (SSSR count). The fraction of sp³-hybridized carbons (Fsp3) is 0.167. The highest BCUT2D eigenvalue weighted by Crippen LogP contribution is 2.37. The van der Waals surface area contributed by atoms with Gasteiger partial charge in [0.15, 0.2) is 0 Å². The van der Waals surface area contributed by atoms with Crippen LogP contribution < -0.4 is 4.74 Å². The van der Waals surface area contributed by atoms with E-state index in [2.05, 4.69) is 10.2 Å². The molecule has 0 bridgehead atoms. The molecule has 0 aliphatic carbocycles. The summed E-state index contributed by atoms with van der Waals surface area (Å²) in [5.41, 5.74) is 0.153. The maximum atomic E-state index is 12.8. The van der Waals surface area contributed by atoms with Crippen LogP contribution in [0.3, 0.4) is 0 Å². The zero-order chi connectivity index (χ0) is 14.0. The standard InChI is InChI=1S/C12H10F2N2O3/c1-19-10-6(3-2-4-7(10)11(13)14)8-5-9(12(17)18)16-15-8/h2-5,11H,1H3,(H,15,16)(H,17,18). The minimum atomic E-state index is -2.69. The van der Waals surface area contributed by atoms with Crippen LogP contribution in [0.25, 0.3) is 11.3 Å². The number of aromatic nitrogens is 2. The number of benzene rings is 1. The fourth-order valence-electron chi connectivity index (χ4n) is 1.73. The van der Waals surface area contributed by atoms with Crippen molar-refractivity contribution in [1.29, 1.82) is 0 Å². The molecule has 1 aromatic heterocycles. The maximum absolute atomic E-state index is 12.8. The normalized spacial score (nSPS) is 10.7. The number of H-pyrrole nitrogens is 1. The van der Waals surface area contributed by atoms with Crippen molar-refractivity contribution in [2.45, 2.75) is 6.43 Å². The van der Waals surface area contributed by atoms with Gasteiger partial charge in [-0.15, -0.1) is 0 Å². The zero-order valence-corrected chi connectivity index (χ0v) is 9.85. The van der Waals surface area contributed by atoms with Gasteiger partial charge in [0.05, 0.1) is 18.4 Å². The largest absolute Gasteiger partial charge is 0.496 e. The van der Waals surface area contributed by atoms with E-state index in [-0.39, 0.29) is 22.7 Å². The second kappa shape index (κ2) is 5.05. The number of rotatable bonds is 4. The van der Waals surface area contributed by atoms with Crippen LogP contribution in [0.2, 0.25) is 0 Å². The molecule has 0 unspecified atom stereocenters. The molecule has 0 spiro atoms. The number of hydrogen-bond acceptors (Lipinski definition) is 3. The van der Waals surface area contributed by atoms with Crippen LogP contribution in [0, 0.1) is 0 Å². The number of alkyl halides is 2. The summed E-state index contributed by atoms with van der Waals surface area (Å²) in [6.45, 7) is 0. The highest BCUT2D eigenvalue weighted by Gasteiger charge is 2.19. The number of halogens is 2. The zero-order valence-electron chi connectivity index (χ0n) is 9.85. The summed E-state index contributed by atoms with van der Waals surface area (Å²) >= 11 is 0. The molecule has 1 aromatic carbocycles. The first-order chi connectivity index (χ1) is 9.04. The second-order valence-corrected chi connectivity index (χ2v) is 3.70. The molecule has 19 heavy (non-hydrogen) atoms. The Morgan fingerprint density at radius 2 is 2.21 bits per heavy atom. The number of nitrogens with one attached hydrogen (secondary N) is 1. The molecule has 0 aliphatic heterocycles. The predicted molar refractivity (Wildman–Crippen MR) is 62.5 cm³/mol. The van der Waals surface area contributed by atoms with Gasteiger partial charge in [0.2, 0.25) is 0 Å². The molecule has 100 valence electrons. The number of carbonyl (C=O) groups is 1. The molecule has 0 amide bonds. The van der Waals surface area contributed by atoms with Gasteiger partial charge >= 0.3 is 5.97 Å². The van der Waals surface area contributed by atoms with Gasteiger partial charge in [-0.1, -0.05) is 6.07 Å². The first kappa shape index (κ1) is 13.0. The minimum absolute atomic E-state index is 0.0130. The summed E-state index contributed by atoms with van der Waals surface area (Å²) < 4.78 is 30.7. The lowest BCUT2D eigenvalue weighted by Gasteiger charge is -2.11. The van der Waals surface area contributed by atoms with E-state index < -0.39 is 12.4 Å².